The summed E-state index contributed by atoms with van der Waals surface area (Å²) in [7, 11) is -2.32. The average molecular weight is 361 g/mol. The lowest BCUT2D eigenvalue weighted by Gasteiger charge is -2.40. The molecule has 0 amide bonds. The molecule has 2 heterocycles. The Morgan fingerprint density at radius 1 is 1.30 bits per heavy atom. The van der Waals surface area contributed by atoms with Gasteiger partial charge in [0, 0.05) is 24.7 Å². The van der Waals surface area contributed by atoms with E-state index in [-0.39, 0.29) is 20.7 Å². The minimum atomic E-state index is -3.59. The van der Waals surface area contributed by atoms with Crippen molar-refractivity contribution in [2.24, 2.45) is 0 Å². The summed E-state index contributed by atoms with van der Waals surface area (Å²) < 4.78 is 32.4. The molecule has 0 radical (unpaired) electrons. The van der Waals surface area contributed by atoms with Crippen LogP contribution >= 0.6 is 11.3 Å². The molecule has 130 valence electrons. The number of methoxy groups -OCH3 is 1. The van der Waals surface area contributed by atoms with E-state index in [1.165, 1.54) is 19.2 Å². The zero-order chi connectivity index (χ0) is 17.3. The molecule has 6 nitrogen and oxygen atoms in total. The van der Waals surface area contributed by atoms with Crippen molar-refractivity contribution in [3.63, 3.8) is 0 Å². The zero-order valence-corrected chi connectivity index (χ0v) is 15.6. The number of carbonyl (C=O) groups is 1. The fourth-order valence-corrected chi connectivity index (χ4v) is 5.17. The van der Waals surface area contributed by atoms with Gasteiger partial charge in [0.2, 0.25) is 10.0 Å². The predicted molar refractivity (Wildman–Crippen MR) is 90.3 cm³/mol. The van der Waals surface area contributed by atoms with E-state index in [0.717, 1.165) is 37.3 Å². The van der Waals surface area contributed by atoms with E-state index < -0.39 is 16.0 Å². The van der Waals surface area contributed by atoms with Gasteiger partial charge in [-0.15, -0.1) is 11.3 Å². The van der Waals surface area contributed by atoms with Crippen LogP contribution < -0.4 is 4.72 Å². The third-order valence-electron chi connectivity index (χ3n) is 4.00. The van der Waals surface area contributed by atoms with Gasteiger partial charge >= 0.3 is 5.97 Å². The van der Waals surface area contributed by atoms with Crippen molar-refractivity contribution in [3.05, 3.63) is 17.0 Å². The molecule has 23 heavy (non-hydrogen) atoms. The number of carbonyl (C=O) groups excluding carboxylic acids is 1. The Balaban J connectivity index is 2.00. The van der Waals surface area contributed by atoms with Crippen molar-refractivity contribution in [2.45, 2.75) is 49.4 Å². The largest absolute Gasteiger partial charge is 0.465 e. The van der Waals surface area contributed by atoms with Gasteiger partial charge in [0.1, 0.15) is 9.09 Å². The Bertz CT molecular complexity index is 653. The molecule has 0 aliphatic carbocycles. The fourth-order valence-electron chi connectivity index (χ4n) is 2.62. The predicted octanol–water partition coefficient (Wildman–Crippen LogP) is 2.08. The molecule has 1 aromatic heterocycles. The van der Waals surface area contributed by atoms with Crippen molar-refractivity contribution >= 4 is 27.3 Å². The highest BCUT2D eigenvalue weighted by atomic mass is 32.2. The van der Waals surface area contributed by atoms with Gasteiger partial charge in [0.05, 0.1) is 7.11 Å². The monoisotopic (exact) mass is 360 g/mol. The quantitative estimate of drug-likeness (QED) is 0.832. The third-order valence-corrected chi connectivity index (χ3v) is 7.08. The second-order valence-corrected chi connectivity index (χ2v) is 9.69. The molecule has 1 aromatic rings. The average Bonchev–Trinajstić information content (AvgIpc) is 2.96. The first kappa shape index (κ1) is 18.4. The standard InChI is InChI=1S/C15H24N2O4S2/c1-15(2,3)17-9-7-11(8-10-17)16-23(19,20)13-6-5-12(22-13)14(18)21-4/h5-6,11,16H,7-10H2,1-4H3. The van der Waals surface area contributed by atoms with E-state index in [2.05, 4.69) is 35.1 Å². The maximum atomic E-state index is 12.4. The van der Waals surface area contributed by atoms with Gasteiger partial charge in [0.15, 0.2) is 0 Å². The summed E-state index contributed by atoms with van der Waals surface area (Å²) in [5, 5.41) is 0. The maximum absolute atomic E-state index is 12.4. The van der Waals surface area contributed by atoms with E-state index >= 15 is 0 Å². The second kappa shape index (κ2) is 6.88. The lowest BCUT2D eigenvalue weighted by atomic mass is 9.99. The molecule has 0 saturated carbocycles. The summed E-state index contributed by atoms with van der Waals surface area (Å²) in [6.45, 7) is 8.23. The summed E-state index contributed by atoms with van der Waals surface area (Å²) in [6.07, 6.45) is 1.57. The smallest absolute Gasteiger partial charge is 0.348 e. The molecule has 1 aliphatic rings. The number of thiophene rings is 1. The van der Waals surface area contributed by atoms with Crippen LogP contribution in [0.5, 0.6) is 0 Å². The van der Waals surface area contributed by atoms with Gasteiger partial charge in [-0.25, -0.2) is 17.9 Å². The number of nitrogens with one attached hydrogen (secondary N) is 1. The molecule has 0 bridgehead atoms. The topological polar surface area (TPSA) is 75.7 Å². The molecule has 2 rings (SSSR count). The zero-order valence-electron chi connectivity index (χ0n) is 14.0. The lowest BCUT2D eigenvalue weighted by Crippen LogP contribution is -2.50. The first-order chi connectivity index (χ1) is 10.6. The molecular formula is C15H24N2O4S2. The summed E-state index contributed by atoms with van der Waals surface area (Å²) in [4.78, 5) is 14.1. The second-order valence-electron chi connectivity index (χ2n) is 6.66. The Kier molecular flexibility index (Phi) is 5.50. The first-order valence-electron chi connectivity index (χ1n) is 7.59. The van der Waals surface area contributed by atoms with E-state index in [1.807, 2.05) is 0 Å². The highest BCUT2D eigenvalue weighted by Gasteiger charge is 2.30. The Hall–Kier alpha value is -0.960. The molecule has 0 unspecified atom stereocenters. The van der Waals surface area contributed by atoms with Crippen LogP contribution in [0, 0.1) is 0 Å². The highest BCUT2D eigenvalue weighted by molar-refractivity contribution is 7.91. The van der Waals surface area contributed by atoms with Gasteiger partial charge < -0.3 is 4.74 Å². The van der Waals surface area contributed by atoms with E-state index in [1.54, 1.807) is 0 Å². The molecule has 1 fully saturated rings. The Morgan fingerprint density at radius 2 is 1.91 bits per heavy atom. The van der Waals surface area contributed by atoms with E-state index in [9.17, 15) is 13.2 Å². The van der Waals surface area contributed by atoms with Crippen LogP contribution in [0.4, 0.5) is 0 Å². The maximum Gasteiger partial charge on any atom is 0.348 e. The summed E-state index contributed by atoms with van der Waals surface area (Å²) in [6, 6.07) is 2.86. The Morgan fingerprint density at radius 3 is 2.43 bits per heavy atom. The number of rotatable bonds is 4. The van der Waals surface area contributed by atoms with Crippen molar-refractivity contribution in [1.82, 2.24) is 9.62 Å². The van der Waals surface area contributed by atoms with Crippen molar-refractivity contribution in [2.75, 3.05) is 20.2 Å². The SMILES string of the molecule is COC(=O)c1ccc(S(=O)(=O)NC2CCN(C(C)(C)C)CC2)s1. The molecule has 1 saturated heterocycles. The summed E-state index contributed by atoms with van der Waals surface area (Å²) in [5.74, 6) is -0.519. The van der Waals surface area contributed by atoms with Gasteiger partial charge in [-0.3, -0.25) is 4.90 Å². The highest BCUT2D eigenvalue weighted by Crippen LogP contribution is 2.25. The number of nitrogens with zero attached hydrogens (tertiary/aromatic N) is 1. The Labute approximate surface area is 141 Å². The van der Waals surface area contributed by atoms with Crippen LogP contribution in [0.15, 0.2) is 16.3 Å². The molecule has 0 spiro atoms. The number of hydrogen-bond donors (Lipinski definition) is 1. The van der Waals surface area contributed by atoms with Gasteiger partial charge in [0.25, 0.3) is 0 Å². The first-order valence-corrected chi connectivity index (χ1v) is 9.89. The number of esters is 1. The molecule has 1 aliphatic heterocycles. The molecule has 8 heteroatoms. The van der Waals surface area contributed by atoms with Gasteiger partial charge in [-0.2, -0.15) is 0 Å². The minimum absolute atomic E-state index is 0.0673. The lowest BCUT2D eigenvalue weighted by molar-refractivity contribution is 0.0606. The van der Waals surface area contributed by atoms with E-state index in [4.69, 9.17) is 0 Å². The van der Waals surface area contributed by atoms with Crippen LogP contribution in [0.2, 0.25) is 0 Å². The number of likely N-dealkylation sites (tertiary alicyclic amines) is 1. The number of sulfonamides is 1. The number of piperidine rings is 1. The number of ether oxygens (including phenoxy) is 1. The van der Waals surface area contributed by atoms with Crippen LogP contribution in [0.3, 0.4) is 0 Å². The van der Waals surface area contributed by atoms with Crippen LogP contribution in [-0.4, -0.2) is 51.1 Å². The summed E-state index contributed by atoms with van der Waals surface area (Å²) in [5.41, 5.74) is 0.104. The van der Waals surface area contributed by atoms with Gasteiger partial charge in [-0.1, -0.05) is 0 Å². The van der Waals surface area contributed by atoms with Crippen LogP contribution in [0.25, 0.3) is 0 Å². The van der Waals surface area contributed by atoms with E-state index in [0.29, 0.717) is 0 Å². The van der Waals surface area contributed by atoms with Crippen LogP contribution in [-0.2, 0) is 14.8 Å². The molecular weight excluding hydrogens is 336 g/mol. The van der Waals surface area contributed by atoms with Crippen molar-refractivity contribution in [1.29, 1.82) is 0 Å². The molecule has 0 atom stereocenters. The normalized spacial score (nSPS) is 18.1. The molecule has 0 aromatic carbocycles. The summed E-state index contributed by atoms with van der Waals surface area (Å²) >= 11 is 0.930. The third kappa shape index (κ3) is 4.53. The molecule has 1 N–H and O–H groups in total. The van der Waals surface area contributed by atoms with Crippen LogP contribution in [0.1, 0.15) is 43.3 Å². The van der Waals surface area contributed by atoms with Crippen molar-refractivity contribution in [3.8, 4) is 0 Å². The fraction of sp³-hybridized carbons (Fsp3) is 0.667. The van der Waals surface area contributed by atoms with Gasteiger partial charge in [-0.05, 0) is 45.7 Å². The number of hydrogen-bond acceptors (Lipinski definition) is 6. The van der Waals surface area contributed by atoms with Crippen molar-refractivity contribution < 1.29 is 17.9 Å². The minimum Gasteiger partial charge on any atom is -0.465 e.